The highest BCUT2D eigenvalue weighted by molar-refractivity contribution is 7.99. The number of hydrogen-bond donors (Lipinski definition) is 1. The van der Waals surface area contributed by atoms with Crippen molar-refractivity contribution in [1.29, 1.82) is 0 Å². The maximum Gasteiger partial charge on any atom is 0.230 e. The highest BCUT2D eigenvalue weighted by Gasteiger charge is 2.09. The number of methoxy groups -OCH3 is 1. The Morgan fingerprint density at radius 3 is 3.04 bits per heavy atom. The molecule has 0 saturated heterocycles. The molecule has 2 rings (SSSR count). The summed E-state index contributed by atoms with van der Waals surface area (Å²) >= 11 is 1.30. The van der Waals surface area contributed by atoms with Crippen LogP contribution in [0.3, 0.4) is 0 Å². The Morgan fingerprint density at radius 1 is 1.48 bits per heavy atom. The third kappa shape index (κ3) is 5.33. The van der Waals surface area contributed by atoms with Crippen molar-refractivity contribution in [2.75, 3.05) is 19.5 Å². The van der Waals surface area contributed by atoms with Gasteiger partial charge in [0.2, 0.25) is 5.91 Å². The third-order valence-corrected chi connectivity index (χ3v) is 4.16. The van der Waals surface area contributed by atoms with Crippen molar-refractivity contribution in [3.63, 3.8) is 0 Å². The molecule has 0 saturated carbocycles. The number of ether oxygens (including phenoxy) is 1. The normalized spacial score (nSPS) is 10.7. The topological polar surface area (TPSA) is 69.0 Å². The molecule has 8 heteroatoms. The van der Waals surface area contributed by atoms with Crippen LogP contribution < -0.4 is 5.32 Å². The van der Waals surface area contributed by atoms with Crippen molar-refractivity contribution in [1.82, 2.24) is 20.1 Å². The third-order valence-electron chi connectivity index (χ3n) is 3.17. The summed E-state index contributed by atoms with van der Waals surface area (Å²) in [6.45, 7) is 3.19. The quantitative estimate of drug-likeness (QED) is 0.743. The van der Waals surface area contributed by atoms with Gasteiger partial charge in [-0.25, -0.2) is 4.39 Å². The van der Waals surface area contributed by atoms with Gasteiger partial charge in [-0.05, 0) is 24.1 Å². The zero-order chi connectivity index (χ0) is 16.7. The summed E-state index contributed by atoms with van der Waals surface area (Å²) in [7, 11) is 1.62. The van der Waals surface area contributed by atoms with Crippen LogP contribution in [0.25, 0.3) is 0 Å². The van der Waals surface area contributed by atoms with Crippen LogP contribution >= 0.6 is 11.8 Å². The molecule has 23 heavy (non-hydrogen) atoms. The average molecular weight is 338 g/mol. The number of rotatable bonds is 8. The summed E-state index contributed by atoms with van der Waals surface area (Å²) in [5.41, 5.74) is 1.32. The second kappa shape index (κ2) is 8.64. The Kier molecular flexibility index (Phi) is 6.54. The van der Waals surface area contributed by atoms with Crippen LogP contribution in [0.15, 0.2) is 29.7 Å². The molecule has 6 nitrogen and oxygen atoms in total. The zero-order valence-electron chi connectivity index (χ0n) is 13.1. The Bertz CT molecular complexity index is 663. The van der Waals surface area contributed by atoms with Gasteiger partial charge in [0, 0.05) is 20.2 Å². The van der Waals surface area contributed by atoms with E-state index in [4.69, 9.17) is 4.74 Å². The molecule has 1 N–H and O–H groups in total. The van der Waals surface area contributed by atoms with Crippen molar-refractivity contribution in [3.05, 3.63) is 41.5 Å². The lowest BCUT2D eigenvalue weighted by molar-refractivity contribution is -0.118. The molecule has 0 spiro atoms. The van der Waals surface area contributed by atoms with Crippen molar-refractivity contribution >= 4 is 17.7 Å². The van der Waals surface area contributed by atoms with E-state index in [1.54, 1.807) is 32.5 Å². The summed E-state index contributed by atoms with van der Waals surface area (Å²) in [4.78, 5) is 11.9. The monoisotopic (exact) mass is 338 g/mol. The first kappa shape index (κ1) is 17.4. The summed E-state index contributed by atoms with van der Waals surface area (Å²) < 4.78 is 20.3. The van der Waals surface area contributed by atoms with E-state index >= 15 is 0 Å². The van der Waals surface area contributed by atoms with Gasteiger partial charge in [-0.1, -0.05) is 23.9 Å². The van der Waals surface area contributed by atoms with Crippen LogP contribution in [-0.4, -0.2) is 40.1 Å². The number of carbonyl (C=O) groups excluding carboxylic acids is 1. The van der Waals surface area contributed by atoms with Crippen LogP contribution in [0, 0.1) is 12.7 Å². The second-order valence-electron chi connectivity index (χ2n) is 4.95. The molecule has 1 heterocycles. The predicted octanol–water partition coefficient (Wildman–Crippen LogP) is 1.78. The molecular weight excluding hydrogens is 319 g/mol. The van der Waals surface area contributed by atoms with Gasteiger partial charge in [-0.3, -0.25) is 4.79 Å². The molecule has 0 aliphatic heterocycles. The van der Waals surface area contributed by atoms with Gasteiger partial charge >= 0.3 is 0 Å². The van der Waals surface area contributed by atoms with Gasteiger partial charge in [0.05, 0.1) is 12.4 Å². The highest BCUT2D eigenvalue weighted by Crippen LogP contribution is 2.14. The molecule has 0 unspecified atom stereocenters. The number of halogens is 1. The Balaban J connectivity index is 1.79. The molecule has 1 amide bonds. The predicted molar refractivity (Wildman–Crippen MR) is 85.6 cm³/mol. The molecule has 0 bridgehead atoms. The van der Waals surface area contributed by atoms with Gasteiger partial charge in [0.1, 0.15) is 12.1 Å². The molecule has 124 valence electrons. The van der Waals surface area contributed by atoms with Crippen LogP contribution in [0.1, 0.15) is 11.1 Å². The van der Waals surface area contributed by atoms with E-state index in [-0.39, 0.29) is 17.5 Å². The van der Waals surface area contributed by atoms with Crippen molar-refractivity contribution in [2.45, 2.75) is 25.2 Å². The van der Waals surface area contributed by atoms with Crippen LogP contribution in [0.4, 0.5) is 4.39 Å². The number of nitrogens with zero attached hydrogens (tertiary/aromatic N) is 3. The molecule has 0 fully saturated rings. The summed E-state index contributed by atoms with van der Waals surface area (Å²) in [5, 5.41) is 11.2. The largest absolute Gasteiger partial charge is 0.383 e. The molecule has 1 aromatic carbocycles. The average Bonchev–Trinajstić information content (AvgIpc) is 2.99. The number of hydrogen-bond acceptors (Lipinski definition) is 5. The number of aryl methyl sites for hydroxylation is 1. The van der Waals surface area contributed by atoms with E-state index < -0.39 is 0 Å². The molecule has 0 aliphatic rings. The number of carbonyl (C=O) groups is 1. The molecule has 2 aromatic rings. The summed E-state index contributed by atoms with van der Waals surface area (Å²) in [6, 6.07) is 4.93. The lowest BCUT2D eigenvalue weighted by Gasteiger charge is -2.07. The van der Waals surface area contributed by atoms with Crippen molar-refractivity contribution in [3.8, 4) is 0 Å². The number of thioether (sulfide) groups is 1. The first-order chi connectivity index (χ1) is 11.1. The van der Waals surface area contributed by atoms with E-state index in [0.717, 1.165) is 5.56 Å². The summed E-state index contributed by atoms with van der Waals surface area (Å²) in [6.07, 6.45) is 1.61. The zero-order valence-corrected chi connectivity index (χ0v) is 13.9. The van der Waals surface area contributed by atoms with Gasteiger partial charge in [-0.15, -0.1) is 10.2 Å². The van der Waals surface area contributed by atoms with Gasteiger partial charge in [0.25, 0.3) is 0 Å². The maximum absolute atomic E-state index is 13.4. The van der Waals surface area contributed by atoms with Gasteiger partial charge in [0.15, 0.2) is 5.16 Å². The Morgan fingerprint density at radius 2 is 2.30 bits per heavy atom. The lowest BCUT2D eigenvalue weighted by atomic mass is 10.1. The van der Waals surface area contributed by atoms with Crippen LogP contribution in [0.5, 0.6) is 0 Å². The maximum atomic E-state index is 13.4. The molecule has 0 atom stereocenters. The number of nitrogens with one attached hydrogen (secondary N) is 1. The number of aromatic nitrogens is 3. The first-order valence-electron chi connectivity index (χ1n) is 7.11. The Hall–Kier alpha value is -1.93. The Labute approximate surface area is 138 Å². The van der Waals surface area contributed by atoms with Crippen LogP contribution in [-0.2, 0) is 22.6 Å². The minimum Gasteiger partial charge on any atom is -0.383 e. The SMILES string of the molecule is COCCn1cnnc1SCC(=O)NCc1ccc(C)c(F)c1. The van der Waals surface area contributed by atoms with E-state index in [9.17, 15) is 9.18 Å². The minimum absolute atomic E-state index is 0.141. The fourth-order valence-corrected chi connectivity index (χ4v) is 2.60. The van der Waals surface area contributed by atoms with Gasteiger partial charge in [-0.2, -0.15) is 0 Å². The minimum atomic E-state index is -0.266. The van der Waals surface area contributed by atoms with Crippen molar-refractivity contribution < 1.29 is 13.9 Å². The lowest BCUT2D eigenvalue weighted by Crippen LogP contribution is -2.24. The van der Waals surface area contributed by atoms with E-state index in [1.165, 1.54) is 17.8 Å². The highest BCUT2D eigenvalue weighted by atomic mass is 32.2. The number of amides is 1. The second-order valence-corrected chi connectivity index (χ2v) is 5.89. The molecule has 0 aliphatic carbocycles. The van der Waals surface area contributed by atoms with E-state index in [1.807, 2.05) is 4.57 Å². The summed E-state index contributed by atoms with van der Waals surface area (Å²) in [5.74, 6) is -0.185. The fraction of sp³-hybridized carbons (Fsp3) is 0.400. The smallest absolute Gasteiger partial charge is 0.230 e. The fourth-order valence-electron chi connectivity index (χ4n) is 1.83. The van der Waals surface area contributed by atoms with Crippen molar-refractivity contribution in [2.24, 2.45) is 0 Å². The van der Waals surface area contributed by atoms with Gasteiger partial charge < -0.3 is 14.6 Å². The molecule has 0 radical (unpaired) electrons. The number of benzene rings is 1. The standard InChI is InChI=1S/C15H19FN4O2S/c1-11-3-4-12(7-13(11)16)8-17-14(21)9-23-15-19-18-10-20(15)5-6-22-2/h3-4,7,10H,5-6,8-9H2,1-2H3,(H,17,21). The van der Waals surface area contributed by atoms with E-state index in [0.29, 0.717) is 30.4 Å². The molecular formula is C15H19FN4O2S. The molecule has 1 aromatic heterocycles. The van der Waals surface area contributed by atoms with Crippen LogP contribution in [0.2, 0.25) is 0 Å². The first-order valence-corrected chi connectivity index (χ1v) is 8.10. The van der Waals surface area contributed by atoms with E-state index in [2.05, 4.69) is 15.5 Å².